The van der Waals surface area contributed by atoms with Crippen molar-refractivity contribution in [3.8, 4) is 0 Å². The molecule has 0 aliphatic carbocycles. The van der Waals surface area contributed by atoms with Crippen LogP contribution in [0.1, 0.15) is 30.9 Å². The van der Waals surface area contributed by atoms with Gasteiger partial charge in [-0.25, -0.2) is 0 Å². The first kappa shape index (κ1) is 14.4. The van der Waals surface area contributed by atoms with Gasteiger partial charge in [0, 0.05) is 25.3 Å². The van der Waals surface area contributed by atoms with E-state index in [4.69, 9.17) is 0 Å². The Labute approximate surface area is 116 Å². The number of rotatable bonds is 6. The lowest BCUT2D eigenvalue weighted by atomic mass is 9.99. The van der Waals surface area contributed by atoms with Gasteiger partial charge in [0.25, 0.3) is 0 Å². The number of hydrogen-bond acceptors (Lipinski definition) is 3. The summed E-state index contributed by atoms with van der Waals surface area (Å²) in [6.07, 6.45) is 3.17. The molecule has 0 bridgehead atoms. The predicted octanol–water partition coefficient (Wildman–Crippen LogP) is 2.11. The summed E-state index contributed by atoms with van der Waals surface area (Å²) in [4.78, 5) is 2.33. The third-order valence-electron chi connectivity index (χ3n) is 3.69. The highest BCUT2D eigenvalue weighted by Crippen LogP contribution is 2.27. The standard InChI is InChI=1S/C16H26N2O/c1-3-8-17-11-15(19)12-18-9-4-5-14-10-13(2)6-7-16(14)18/h6-7,10,15,17,19H,3-5,8-9,11-12H2,1-2H3. The Morgan fingerprint density at radius 1 is 1.42 bits per heavy atom. The average molecular weight is 262 g/mol. The van der Waals surface area contributed by atoms with Gasteiger partial charge in [-0.15, -0.1) is 0 Å². The van der Waals surface area contributed by atoms with Gasteiger partial charge in [0.05, 0.1) is 6.10 Å². The van der Waals surface area contributed by atoms with Crippen LogP contribution < -0.4 is 10.2 Å². The van der Waals surface area contributed by atoms with Crippen molar-refractivity contribution in [3.05, 3.63) is 29.3 Å². The number of fused-ring (bicyclic) bond motifs is 1. The Morgan fingerprint density at radius 2 is 2.26 bits per heavy atom. The van der Waals surface area contributed by atoms with Crippen LogP contribution in [-0.4, -0.2) is 37.4 Å². The van der Waals surface area contributed by atoms with E-state index in [9.17, 15) is 5.11 Å². The highest BCUT2D eigenvalue weighted by molar-refractivity contribution is 5.56. The Bertz CT molecular complexity index is 406. The summed E-state index contributed by atoms with van der Waals surface area (Å²) >= 11 is 0. The van der Waals surface area contributed by atoms with Crippen molar-refractivity contribution in [1.82, 2.24) is 5.32 Å². The van der Waals surface area contributed by atoms with Crippen LogP contribution in [0.2, 0.25) is 0 Å². The predicted molar refractivity (Wildman–Crippen MR) is 80.9 cm³/mol. The molecule has 3 heteroatoms. The van der Waals surface area contributed by atoms with Crippen LogP contribution in [0.15, 0.2) is 18.2 Å². The quantitative estimate of drug-likeness (QED) is 0.771. The van der Waals surface area contributed by atoms with Crippen LogP contribution >= 0.6 is 0 Å². The molecule has 3 nitrogen and oxygen atoms in total. The average Bonchev–Trinajstić information content (AvgIpc) is 2.39. The highest BCUT2D eigenvalue weighted by Gasteiger charge is 2.19. The molecular formula is C16H26N2O. The van der Waals surface area contributed by atoms with Gasteiger partial charge in [-0.3, -0.25) is 0 Å². The number of anilines is 1. The van der Waals surface area contributed by atoms with Crippen LogP contribution in [0.5, 0.6) is 0 Å². The zero-order chi connectivity index (χ0) is 13.7. The van der Waals surface area contributed by atoms with Crippen molar-refractivity contribution >= 4 is 5.69 Å². The number of hydrogen-bond donors (Lipinski definition) is 2. The molecule has 0 spiro atoms. The monoisotopic (exact) mass is 262 g/mol. The van der Waals surface area contributed by atoms with Gasteiger partial charge in [-0.1, -0.05) is 24.6 Å². The third-order valence-corrected chi connectivity index (χ3v) is 3.69. The first-order valence-corrected chi connectivity index (χ1v) is 7.44. The minimum Gasteiger partial charge on any atom is -0.390 e. The number of aliphatic hydroxyl groups excluding tert-OH is 1. The van der Waals surface area contributed by atoms with Crippen molar-refractivity contribution in [2.45, 2.75) is 39.2 Å². The maximum Gasteiger partial charge on any atom is 0.0839 e. The third kappa shape index (κ3) is 3.95. The highest BCUT2D eigenvalue weighted by atomic mass is 16.3. The summed E-state index contributed by atoms with van der Waals surface area (Å²) in [7, 11) is 0. The molecule has 0 saturated carbocycles. The molecule has 1 heterocycles. The molecule has 1 aliphatic rings. The van der Waals surface area contributed by atoms with Crippen LogP contribution in [0.25, 0.3) is 0 Å². The second-order valence-corrected chi connectivity index (χ2v) is 5.54. The minimum atomic E-state index is -0.293. The molecular weight excluding hydrogens is 236 g/mol. The van der Waals surface area contributed by atoms with Crippen LogP contribution in [0.4, 0.5) is 5.69 Å². The maximum absolute atomic E-state index is 10.1. The summed E-state index contributed by atoms with van der Waals surface area (Å²) in [5.41, 5.74) is 4.07. The molecule has 19 heavy (non-hydrogen) atoms. The van der Waals surface area contributed by atoms with E-state index in [0.717, 1.165) is 32.5 Å². The van der Waals surface area contributed by atoms with E-state index >= 15 is 0 Å². The van der Waals surface area contributed by atoms with Crippen LogP contribution in [-0.2, 0) is 6.42 Å². The Morgan fingerprint density at radius 3 is 3.05 bits per heavy atom. The second kappa shape index (κ2) is 6.92. The molecule has 0 radical (unpaired) electrons. The smallest absolute Gasteiger partial charge is 0.0839 e. The van der Waals surface area contributed by atoms with Gasteiger partial charge in [-0.05, 0) is 44.4 Å². The summed E-state index contributed by atoms with van der Waals surface area (Å²) in [6, 6.07) is 6.65. The number of nitrogens with one attached hydrogen (secondary N) is 1. The molecule has 0 aromatic heterocycles. The van der Waals surface area contributed by atoms with Crippen molar-refractivity contribution in [3.63, 3.8) is 0 Å². The largest absolute Gasteiger partial charge is 0.390 e. The molecule has 0 saturated heterocycles. The fourth-order valence-corrected chi connectivity index (χ4v) is 2.76. The van der Waals surface area contributed by atoms with Gasteiger partial charge in [-0.2, -0.15) is 0 Å². The SMILES string of the molecule is CCCNCC(O)CN1CCCc2cc(C)ccc21. The number of β-amino-alcohol motifs (C(OH)–C–C–N with tert-alkyl or cyclic N) is 1. The Balaban J connectivity index is 1.95. The maximum atomic E-state index is 10.1. The van der Waals surface area contributed by atoms with Gasteiger partial charge in [0.2, 0.25) is 0 Å². The fraction of sp³-hybridized carbons (Fsp3) is 0.625. The summed E-state index contributed by atoms with van der Waals surface area (Å²) < 4.78 is 0. The van der Waals surface area contributed by atoms with E-state index in [1.54, 1.807) is 0 Å². The molecule has 1 atom stereocenters. The van der Waals surface area contributed by atoms with E-state index in [-0.39, 0.29) is 6.10 Å². The van der Waals surface area contributed by atoms with Crippen molar-refractivity contribution in [2.75, 3.05) is 31.1 Å². The lowest BCUT2D eigenvalue weighted by Crippen LogP contribution is -2.40. The summed E-state index contributed by atoms with van der Waals surface area (Å²) in [5, 5.41) is 13.4. The lowest BCUT2D eigenvalue weighted by Gasteiger charge is -2.33. The molecule has 0 fully saturated rings. The first-order chi connectivity index (χ1) is 9.20. The number of aliphatic hydroxyl groups is 1. The Kier molecular flexibility index (Phi) is 5.23. The van der Waals surface area contributed by atoms with E-state index in [1.807, 2.05) is 0 Å². The van der Waals surface area contributed by atoms with Crippen LogP contribution in [0, 0.1) is 6.92 Å². The van der Waals surface area contributed by atoms with Crippen LogP contribution in [0.3, 0.4) is 0 Å². The first-order valence-electron chi connectivity index (χ1n) is 7.44. The van der Waals surface area contributed by atoms with Gasteiger partial charge < -0.3 is 15.3 Å². The number of nitrogens with zero attached hydrogens (tertiary/aromatic N) is 1. The van der Waals surface area contributed by atoms with E-state index in [2.05, 4.69) is 42.3 Å². The van der Waals surface area contributed by atoms with E-state index in [1.165, 1.54) is 23.2 Å². The summed E-state index contributed by atoms with van der Waals surface area (Å²) in [5.74, 6) is 0. The van der Waals surface area contributed by atoms with Gasteiger partial charge in [0.1, 0.15) is 0 Å². The Hall–Kier alpha value is -1.06. The summed E-state index contributed by atoms with van der Waals surface area (Å²) in [6.45, 7) is 7.73. The number of benzene rings is 1. The molecule has 1 unspecified atom stereocenters. The van der Waals surface area contributed by atoms with Crippen molar-refractivity contribution in [2.24, 2.45) is 0 Å². The second-order valence-electron chi connectivity index (χ2n) is 5.54. The molecule has 1 aliphatic heterocycles. The zero-order valence-corrected chi connectivity index (χ0v) is 12.2. The molecule has 2 N–H and O–H groups in total. The van der Waals surface area contributed by atoms with Gasteiger partial charge in [0.15, 0.2) is 0 Å². The molecule has 1 aromatic rings. The molecule has 0 amide bonds. The van der Waals surface area contributed by atoms with E-state index < -0.39 is 0 Å². The van der Waals surface area contributed by atoms with Gasteiger partial charge >= 0.3 is 0 Å². The minimum absolute atomic E-state index is 0.293. The van der Waals surface area contributed by atoms with Crippen molar-refractivity contribution in [1.29, 1.82) is 0 Å². The molecule has 2 rings (SSSR count). The molecule has 106 valence electrons. The van der Waals surface area contributed by atoms with E-state index in [0.29, 0.717) is 6.54 Å². The molecule has 1 aromatic carbocycles. The lowest BCUT2D eigenvalue weighted by molar-refractivity contribution is 0.176. The number of aryl methyl sites for hydroxylation is 2. The zero-order valence-electron chi connectivity index (χ0n) is 12.2. The normalized spacial score (nSPS) is 16.3. The van der Waals surface area contributed by atoms with Crippen molar-refractivity contribution < 1.29 is 5.11 Å². The topological polar surface area (TPSA) is 35.5 Å². The fourth-order valence-electron chi connectivity index (χ4n) is 2.76.